The molecule has 9 heteroatoms. The van der Waals surface area contributed by atoms with E-state index in [2.05, 4.69) is 10.0 Å². The van der Waals surface area contributed by atoms with Crippen molar-refractivity contribution >= 4 is 27.6 Å². The Hall–Kier alpha value is -3.07. The Bertz CT molecular complexity index is 987. The molecule has 1 atom stereocenters. The Morgan fingerprint density at radius 2 is 1.70 bits per heavy atom. The number of ether oxygens (including phenoxy) is 2. The highest BCUT2D eigenvalue weighted by atomic mass is 32.2. The van der Waals surface area contributed by atoms with Crippen molar-refractivity contribution in [2.75, 3.05) is 18.4 Å². The zero-order valence-corrected chi connectivity index (χ0v) is 18.2. The molecule has 2 N–H and O–H groups in total. The first-order valence-corrected chi connectivity index (χ1v) is 10.8. The molecule has 8 nitrogen and oxygen atoms in total. The third-order valence-corrected chi connectivity index (χ3v) is 5.82. The zero-order valence-electron chi connectivity index (χ0n) is 17.3. The van der Waals surface area contributed by atoms with Crippen LogP contribution in [-0.4, -0.2) is 40.1 Å². The first-order chi connectivity index (χ1) is 14.1. The zero-order chi connectivity index (χ0) is 22.3. The predicted octanol–water partition coefficient (Wildman–Crippen LogP) is 2.81. The highest BCUT2D eigenvalue weighted by Gasteiger charge is 2.18. The smallest absolute Gasteiger partial charge is 0.338 e. The van der Waals surface area contributed by atoms with Crippen molar-refractivity contribution in [2.24, 2.45) is 5.92 Å². The van der Waals surface area contributed by atoms with Gasteiger partial charge in [0.2, 0.25) is 0 Å². The minimum Gasteiger partial charge on any atom is -0.497 e. The molecule has 0 aliphatic heterocycles. The van der Waals surface area contributed by atoms with Crippen LogP contribution in [0.3, 0.4) is 0 Å². The molecule has 30 heavy (non-hydrogen) atoms. The molecular weight excluding hydrogens is 408 g/mol. The third kappa shape index (κ3) is 6.48. The van der Waals surface area contributed by atoms with Gasteiger partial charge >= 0.3 is 5.97 Å². The molecule has 2 rings (SSSR count). The Morgan fingerprint density at radius 3 is 2.30 bits per heavy atom. The van der Waals surface area contributed by atoms with Gasteiger partial charge in [-0.1, -0.05) is 19.9 Å². The lowest BCUT2D eigenvalue weighted by molar-refractivity contribution is -0.125. The normalized spacial score (nSPS) is 12.2. The van der Waals surface area contributed by atoms with Crippen LogP contribution in [0.5, 0.6) is 5.75 Å². The van der Waals surface area contributed by atoms with Gasteiger partial charge in [-0.05, 0) is 55.3 Å². The molecule has 0 heterocycles. The quantitative estimate of drug-likeness (QED) is 0.587. The number of hydrogen-bond acceptors (Lipinski definition) is 6. The van der Waals surface area contributed by atoms with Crippen LogP contribution < -0.4 is 14.8 Å². The first kappa shape index (κ1) is 23.2. The second kappa shape index (κ2) is 10.1. The molecule has 0 spiro atoms. The fraction of sp³-hybridized carbons (Fsp3) is 0.333. The largest absolute Gasteiger partial charge is 0.497 e. The van der Waals surface area contributed by atoms with E-state index in [-0.39, 0.29) is 22.4 Å². The lowest BCUT2D eigenvalue weighted by Crippen LogP contribution is -2.38. The van der Waals surface area contributed by atoms with E-state index >= 15 is 0 Å². The monoisotopic (exact) mass is 434 g/mol. The van der Waals surface area contributed by atoms with E-state index in [0.717, 1.165) is 0 Å². The van der Waals surface area contributed by atoms with Crippen LogP contribution in [0.4, 0.5) is 5.69 Å². The molecule has 0 saturated heterocycles. The molecule has 0 aliphatic carbocycles. The van der Waals surface area contributed by atoms with E-state index in [1.807, 2.05) is 20.8 Å². The number of nitrogens with one attached hydrogen (secondary N) is 2. The molecule has 162 valence electrons. The third-order valence-electron chi connectivity index (χ3n) is 4.45. The highest BCUT2D eigenvalue weighted by molar-refractivity contribution is 7.92. The average molecular weight is 435 g/mol. The van der Waals surface area contributed by atoms with Crippen LogP contribution in [0, 0.1) is 5.92 Å². The number of anilines is 1. The van der Waals surface area contributed by atoms with E-state index in [9.17, 15) is 18.0 Å². The van der Waals surface area contributed by atoms with Gasteiger partial charge in [0.1, 0.15) is 5.75 Å². The number of methoxy groups -OCH3 is 1. The number of amides is 1. The van der Waals surface area contributed by atoms with Crippen molar-refractivity contribution in [1.29, 1.82) is 0 Å². The molecule has 2 aromatic rings. The number of rotatable bonds is 9. The number of benzene rings is 2. The summed E-state index contributed by atoms with van der Waals surface area (Å²) in [5.41, 5.74) is 0.372. The molecule has 1 amide bonds. The number of carbonyl (C=O) groups excluding carboxylic acids is 2. The lowest BCUT2D eigenvalue weighted by atomic mass is 10.1. The maximum absolute atomic E-state index is 12.6. The van der Waals surface area contributed by atoms with Crippen molar-refractivity contribution in [3.05, 3.63) is 54.1 Å². The summed E-state index contributed by atoms with van der Waals surface area (Å²) < 4.78 is 37.7. The van der Waals surface area contributed by atoms with Crippen LogP contribution in [0.2, 0.25) is 0 Å². The number of hydrogen-bond donors (Lipinski definition) is 2. The lowest BCUT2D eigenvalue weighted by Gasteiger charge is -2.17. The van der Waals surface area contributed by atoms with Gasteiger partial charge in [0, 0.05) is 11.7 Å². The van der Waals surface area contributed by atoms with Crippen LogP contribution >= 0.6 is 0 Å². The minimum absolute atomic E-state index is 0.0253. The summed E-state index contributed by atoms with van der Waals surface area (Å²) >= 11 is 0. The van der Waals surface area contributed by atoms with Gasteiger partial charge in [-0.25, -0.2) is 13.2 Å². The summed E-state index contributed by atoms with van der Waals surface area (Å²) in [5, 5.41) is 2.73. The molecule has 1 unspecified atom stereocenters. The number of carbonyl (C=O) groups is 2. The van der Waals surface area contributed by atoms with Gasteiger partial charge in [0.05, 0.1) is 17.6 Å². The Labute approximate surface area is 176 Å². The summed E-state index contributed by atoms with van der Waals surface area (Å²) in [6, 6.07) is 11.7. The summed E-state index contributed by atoms with van der Waals surface area (Å²) in [6.45, 7) is 5.33. The standard InChI is InChI=1S/C21H26N2O6S/c1-14(2)15(3)22-20(24)13-29-21(25)16-6-5-7-19(12-16)30(26,27)23-17-8-10-18(28-4)11-9-17/h5-12,14-15,23H,13H2,1-4H3,(H,22,24). The summed E-state index contributed by atoms with van der Waals surface area (Å²) in [5.74, 6) is -0.377. The number of sulfonamides is 1. The highest BCUT2D eigenvalue weighted by Crippen LogP contribution is 2.20. The second-order valence-electron chi connectivity index (χ2n) is 7.04. The van der Waals surface area contributed by atoms with Crippen LogP contribution in [0.1, 0.15) is 31.1 Å². The van der Waals surface area contributed by atoms with E-state index in [1.165, 1.54) is 31.4 Å². The Kier molecular flexibility index (Phi) is 7.82. The van der Waals surface area contributed by atoms with Crippen molar-refractivity contribution in [3.8, 4) is 5.75 Å². The molecule has 0 fully saturated rings. The van der Waals surface area contributed by atoms with Crippen LogP contribution in [-0.2, 0) is 19.6 Å². The molecule has 0 saturated carbocycles. The molecular formula is C21H26N2O6S. The van der Waals surface area contributed by atoms with E-state index < -0.39 is 28.5 Å². The predicted molar refractivity (Wildman–Crippen MR) is 113 cm³/mol. The van der Waals surface area contributed by atoms with Gasteiger partial charge in [0.15, 0.2) is 6.61 Å². The molecule has 0 aliphatic rings. The molecule has 0 radical (unpaired) electrons. The van der Waals surface area contributed by atoms with Gasteiger partial charge < -0.3 is 14.8 Å². The number of esters is 1. The summed E-state index contributed by atoms with van der Waals surface area (Å²) in [4.78, 5) is 24.0. The maximum atomic E-state index is 12.6. The molecule has 0 aromatic heterocycles. The molecule has 2 aromatic carbocycles. The first-order valence-electron chi connectivity index (χ1n) is 9.36. The molecule has 0 bridgehead atoms. The SMILES string of the molecule is COc1ccc(NS(=O)(=O)c2cccc(C(=O)OCC(=O)NC(C)C(C)C)c2)cc1. The Morgan fingerprint density at radius 1 is 1.03 bits per heavy atom. The van der Waals surface area contributed by atoms with Crippen molar-refractivity contribution in [2.45, 2.75) is 31.7 Å². The van der Waals surface area contributed by atoms with E-state index in [0.29, 0.717) is 11.4 Å². The van der Waals surface area contributed by atoms with Gasteiger partial charge in [-0.15, -0.1) is 0 Å². The Balaban J connectivity index is 2.05. The average Bonchev–Trinajstić information content (AvgIpc) is 2.72. The van der Waals surface area contributed by atoms with Gasteiger partial charge in [-0.2, -0.15) is 0 Å². The van der Waals surface area contributed by atoms with E-state index in [4.69, 9.17) is 9.47 Å². The van der Waals surface area contributed by atoms with E-state index in [1.54, 1.807) is 24.3 Å². The maximum Gasteiger partial charge on any atom is 0.338 e. The second-order valence-corrected chi connectivity index (χ2v) is 8.72. The summed E-state index contributed by atoms with van der Waals surface area (Å²) in [6.07, 6.45) is 0. The van der Waals surface area contributed by atoms with Crippen molar-refractivity contribution in [1.82, 2.24) is 5.32 Å². The van der Waals surface area contributed by atoms with Crippen LogP contribution in [0.25, 0.3) is 0 Å². The van der Waals surface area contributed by atoms with Crippen molar-refractivity contribution < 1.29 is 27.5 Å². The topological polar surface area (TPSA) is 111 Å². The minimum atomic E-state index is -3.92. The fourth-order valence-corrected chi connectivity index (χ4v) is 3.44. The van der Waals surface area contributed by atoms with Crippen LogP contribution in [0.15, 0.2) is 53.4 Å². The van der Waals surface area contributed by atoms with Crippen molar-refractivity contribution in [3.63, 3.8) is 0 Å². The fourth-order valence-electron chi connectivity index (χ4n) is 2.34. The van der Waals surface area contributed by atoms with Gasteiger partial charge in [0.25, 0.3) is 15.9 Å². The van der Waals surface area contributed by atoms with Gasteiger partial charge in [-0.3, -0.25) is 9.52 Å². The summed E-state index contributed by atoms with van der Waals surface area (Å²) in [7, 11) is -2.41.